The highest BCUT2D eigenvalue weighted by atomic mass is 35.5. The van der Waals surface area contributed by atoms with Gasteiger partial charge in [-0.25, -0.2) is 0 Å². The highest BCUT2D eigenvalue weighted by Gasteiger charge is 2.29. The van der Waals surface area contributed by atoms with Crippen LogP contribution in [0.4, 0.5) is 11.4 Å². The Morgan fingerprint density at radius 1 is 1.33 bits per heavy atom. The van der Waals surface area contributed by atoms with Crippen molar-refractivity contribution in [3.8, 4) is 0 Å². The van der Waals surface area contributed by atoms with Crippen molar-refractivity contribution in [2.45, 2.75) is 44.2 Å². The maximum absolute atomic E-state index is 11.8. The van der Waals surface area contributed by atoms with Gasteiger partial charge in [-0.1, -0.05) is 11.6 Å². The van der Waals surface area contributed by atoms with Gasteiger partial charge in [-0.3, -0.25) is 14.9 Å². The third kappa shape index (κ3) is 3.82. The first-order valence-electron chi connectivity index (χ1n) is 8.21. The van der Waals surface area contributed by atoms with Crippen LogP contribution in [0.2, 0.25) is 5.02 Å². The molecule has 2 aliphatic rings. The van der Waals surface area contributed by atoms with Crippen LogP contribution >= 0.6 is 11.6 Å². The fourth-order valence-corrected chi connectivity index (χ4v) is 3.42. The number of nitrogens with one attached hydrogen (secondary N) is 2. The fraction of sp³-hybridized carbons (Fsp3) is 0.529. The Morgan fingerprint density at radius 2 is 2.04 bits per heavy atom. The second-order valence-electron chi connectivity index (χ2n) is 6.80. The average Bonchev–Trinajstić information content (AvgIpc) is 2.51. The number of hydrogen-bond donors (Lipinski definition) is 3. The predicted molar refractivity (Wildman–Crippen MR) is 93.3 cm³/mol. The van der Waals surface area contributed by atoms with Crippen LogP contribution < -0.4 is 15.5 Å². The summed E-state index contributed by atoms with van der Waals surface area (Å²) >= 11 is 6.41. The second-order valence-corrected chi connectivity index (χ2v) is 7.21. The van der Waals surface area contributed by atoms with Gasteiger partial charge in [-0.15, -0.1) is 0 Å². The highest BCUT2D eigenvalue weighted by Crippen LogP contribution is 2.33. The van der Waals surface area contributed by atoms with Crippen LogP contribution in [0.1, 0.15) is 32.6 Å². The van der Waals surface area contributed by atoms with Gasteiger partial charge in [0.05, 0.1) is 16.3 Å². The molecule has 1 atom stereocenters. The number of anilines is 2. The minimum atomic E-state index is -0.601. The molecule has 1 aromatic carbocycles. The molecule has 0 spiro atoms. The minimum Gasteiger partial charge on any atom is -0.390 e. The van der Waals surface area contributed by atoms with Crippen molar-refractivity contribution >= 4 is 34.8 Å². The number of rotatable bonds is 3. The van der Waals surface area contributed by atoms with Crippen LogP contribution in [0.15, 0.2) is 18.2 Å². The first-order valence-corrected chi connectivity index (χ1v) is 8.59. The van der Waals surface area contributed by atoms with Crippen LogP contribution in [-0.2, 0) is 9.59 Å². The molecule has 3 N–H and O–H groups in total. The molecule has 2 amide bonds. The van der Waals surface area contributed by atoms with Crippen molar-refractivity contribution in [3.63, 3.8) is 0 Å². The molecular formula is C17H22ClN3O3. The smallest absolute Gasteiger partial charge is 0.249 e. The molecule has 1 aromatic rings. The number of imide groups is 1. The number of halogens is 1. The monoisotopic (exact) mass is 351 g/mol. The molecule has 130 valence electrons. The Morgan fingerprint density at radius 3 is 2.67 bits per heavy atom. The molecule has 2 aliphatic heterocycles. The third-order valence-corrected chi connectivity index (χ3v) is 5.01. The number of aliphatic hydroxyl groups is 1. The topological polar surface area (TPSA) is 81.7 Å². The van der Waals surface area contributed by atoms with Gasteiger partial charge in [-0.05, 0) is 44.4 Å². The normalized spacial score (nSPS) is 23.8. The van der Waals surface area contributed by atoms with Gasteiger partial charge in [-0.2, -0.15) is 0 Å². The van der Waals surface area contributed by atoms with Gasteiger partial charge in [0, 0.05) is 25.2 Å². The lowest BCUT2D eigenvalue weighted by molar-refractivity contribution is -0.133. The van der Waals surface area contributed by atoms with E-state index in [2.05, 4.69) is 15.5 Å². The Labute approximate surface area is 146 Å². The summed E-state index contributed by atoms with van der Waals surface area (Å²) in [6.07, 6.45) is 2.23. The molecule has 2 heterocycles. The maximum Gasteiger partial charge on any atom is 0.249 e. The van der Waals surface area contributed by atoms with Crippen molar-refractivity contribution < 1.29 is 14.7 Å². The van der Waals surface area contributed by atoms with E-state index in [-0.39, 0.29) is 11.8 Å². The molecule has 3 rings (SSSR count). The first kappa shape index (κ1) is 17.0. The summed E-state index contributed by atoms with van der Waals surface area (Å²) < 4.78 is 0. The van der Waals surface area contributed by atoms with Crippen molar-refractivity contribution in [2.24, 2.45) is 0 Å². The average molecular weight is 352 g/mol. The van der Waals surface area contributed by atoms with Gasteiger partial charge in [0.15, 0.2) is 0 Å². The maximum atomic E-state index is 11.8. The zero-order chi connectivity index (χ0) is 17.3. The summed E-state index contributed by atoms with van der Waals surface area (Å²) in [5, 5.41) is 16.1. The van der Waals surface area contributed by atoms with E-state index in [0.717, 1.165) is 24.5 Å². The van der Waals surface area contributed by atoms with Crippen LogP contribution in [0.5, 0.6) is 0 Å². The summed E-state index contributed by atoms with van der Waals surface area (Å²) in [6, 6.07) is 5.19. The number of piperidine rings is 2. The molecule has 2 fully saturated rings. The molecule has 0 radical (unpaired) electrons. The highest BCUT2D eigenvalue weighted by molar-refractivity contribution is 6.33. The summed E-state index contributed by atoms with van der Waals surface area (Å²) in [5.41, 5.74) is 1.08. The van der Waals surface area contributed by atoms with Crippen molar-refractivity contribution in [1.29, 1.82) is 0 Å². The lowest BCUT2D eigenvalue weighted by Crippen LogP contribution is -2.47. The molecule has 0 saturated carbocycles. The summed E-state index contributed by atoms with van der Waals surface area (Å²) in [6.45, 7) is 3.37. The Balaban J connectivity index is 1.67. The number of amides is 2. The predicted octanol–water partition coefficient (Wildman–Crippen LogP) is 1.91. The standard InChI is InChI=1S/C17H22ClN3O3/c1-17(24)6-8-21(9-7-17)14-4-2-11(10-12(14)18)19-13-3-5-15(22)20-16(13)23/h2,4,10,13,19,24H,3,5-9H2,1H3,(H,20,22,23). The second kappa shape index (κ2) is 6.61. The fourth-order valence-electron chi connectivity index (χ4n) is 3.11. The minimum absolute atomic E-state index is 0.229. The number of hydrogen-bond acceptors (Lipinski definition) is 5. The molecule has 1 unspecified atom stereocenters. The molecule has 0 bridgehead atoms. The van der Waals surface area contributed by atoms with Crippen LogP contribution in [0, 0.1) is 0 Å². The molecule has 2 saturated heterocycles. The lowest BCUT2D eigenvalue weighted by atomic mass is 9.93. The molecular weight excluding hydrogens is 330 g/mol. The van der Waals surface area contributed by atoms with Crippen molar-refractivity contribution in [2.75, 3.05) is 23.3 Å². The third-order valence-electron chi connectivity index (χ3n) is 4.71. The van der Waals surface area contributed by atoms with Crippen molar-refractivity contribution in [1.82, 2.24) is 5.32 Å². The quantitative estimate of drug-likeness (QED) is 0.725. The van der Waals surface area contributed by atoms with E-state index < -0.39 is 11.6 Å². The van der Waals surface area contributed by atoms with Gasteiger partial charge in [0.1, 0.15) is 6.04 Å². The van der Waals surface area contributed by atoms with E-state index in [1.807, 2.05) is 19.1 Å². The van der Waals surface area contributed by atoms with E-state index in [4.69, 9.17) is 11.6 Å². The van der Waals surface area contributed by atoms with Crippen molar-refractivity contribution in [3.05, 3.63) is 23.2 Å². The Bertz CT molecular complexity index is 652. The van der Waals surface area contributed by atoms with Gasteiger partial charge >= 0.3 is 0 Å². The molecule has 7 heteroatoms. The molecule has 0 aromatic heterocycles. The molecule has 6 nitrogen and oxygen atoms in total. The van der Waals surface area contributed by atoms with Crippen LogP contribution in [0.25, 0.3) is 0 Å². The summed E-state index contributed by atoms with van der Waals surface area (Å²) in [7, 11) is 0. The lowest BCUT2D eigenvalue weighted by Gasteiger charge is -2.37. The molecule has 0 aliphatic carbocycles. The van der Waals surface area contributed by atoms with E-state index in [0.29, 0.717) is 30.7 Å². The van der Waals surface area contributed by atoms with Gasteiger partial charge in [0.25, 0.3) is 0 Å². The number of carbonyl (C=O) groups excluding carboxylic acids is 2. The first-order chi connectivity index (χ1) is 11.3. The van der Waals surface area contributed by atoms with Crippen LogP contribution in [-0.4, -0.2) is 41.7 Å². The summed E-state index contributed by atoms with van der Waals surface area (Å²) in [5.74, 6) is -0.530. The zero-order valence-corrected chi connectivity index (χ0v) is 14.4. The Kier molecular flexibility index (Phi) is 4.69. The van der Waals surface area contributed by atoms with Crippen LogP contribution in [0.3, 0.4) is 0 Å². The number of carbonyl (C=O) groups is 2. The van der Waals surface area contributed by atoms with E-state index in [1.165, 1.54) is 0 Å². The van der Waals surface area contributed by atoms with Gasteiger partial charge in [0.2, 0.25) is 11.8 Å². The molecule has 24 heavy (non-hydrogen) atoms. The Hall–Kier alpha value is -1.79. The van der Waals surface area contributed by atoms with E-state index in [1.54, 1.807) is 6.07 Å². The SMILES string of the molecule is CC1(O)CCN(c2ccc(NC3CCC(=O)NC3=O)cc2Cl)CC1. The number of nitrogens with zero attached hydrogens (tertiary/aromatic N) is 1. The largest absolute Gasteiger partial charge is 0.390 e. The number of benzene rings is 1. The van der Waals surface area contributed by atoms with Gasteiger partial charge < -0.3 is 15.3 Å². The zero-order valence-electron chi connectivity index (χ0n) is 13.6. The summed E-state index contributed by atoms with van der Waals surface area (Å²) in [4.78, 5) is 25.2. The van der Waals surface area contributed by atoms with E-state index >= 15 is 0 Å². The van der Waals surface area contributed by atoms with E-state index in [9.17, 15) is 14.7 Å².